The highest BCUT2D eigenvalue weighted by molar-refractivity contribution is 5.94. The van der Waals surface area contributed by atoms with Gasteiger partial charge in [-0.3, -0.25) is 14.9 Å². The zero-order chi connectivity index (χ0) is 18.6. The number of benzene rings is 2. The predicted octanol–water partition coefficient (Wildman–Crippen LogP) is 3.41. The third kappa shape index (κ3) is 4.43. The van der Waals surface area contributed by atoms with Crippen molar-refractivity contribution in [3.05, 3.63) is 57.4 Å². The molecule has 25 heavy (non-hydrogen) atoms. The molecule has 7 nitrogen and oxygen atoms in total. The number of anilines is 2. The molecule has 0 radical (unpaired) electrons. The summed E-state index contributed by atoms with van der Waals surface area (Å²) in [5.74, 6) is -0.680. The van der Waals surface area contributed by atoms with Crippen molar-refractivity contribution in [1.29, 1.82) is 0 Å². The van der Waals surface area contributed by atoms with E-state index in [0.29, 0.717) is 22.5 Å². The molecule has 0 saturated heterocycles. The van der Waals surface area contributed by atoms with Crippen molar-refractivity contribution < 1.29 is 18.8 Å². The Morgan fingerprint density at radius 1 is 1.24 bits per heavy atom. The van der Waals surface area contributed by atoms with Crippen molar-refractivity contribution in [2.75, 3.05) is 24.3 Å². The Morgan fingerprint density at radius 3 is 2.56 bits per heavy atom. The smallest absolute Gasteiger partial charge is 0.311 e. The minimum Gasteiger partial charge on any atom is -0.490 e. The van der Waals surface area contributed by atoms with Gasteiger partial charge >= 0.3 is 5.69 Å². The van der Waals surface area contributed by atoms with E-state index < -0.39 is 4.92 Å². The van der Waals surface area contributed by atoms with Crippen LogP contribution in [0.3, 0.4) is 0 Å². The lowest BCUT2D eigenvalue weighted by atomic mass is 10.1. The lowest BCUT2D eigenvalue weighted by Crippen LogP contribution is -2.22. The number of nitro groups is 1. The highest BCUT2D eigenvalue weighted by atomic mass is 19.1. The van der Waals surface area contributed by atoms with Gasteiger partial charge in [-0.05, 0) is 37.1 Å². The summed E-state index contributed by atoms with van der Waals surface area (Å²) in [6.07, 6.45) is 0. The zero-order valence-corrected chi connectivity index (χ0v) is 14.1. The van der Waals surface area contributed by atoms with Crippen LogP contribution in [0.4, 0.5) is 21.5 Å². The number of ether oxygens (including phenoxy) is 1. The summed E-state index contributed by atoms with van der Waals surface area (Å²) in [4.78, 5) is 22.5. The summed E-state index contributed by atoms with van der Waals surface area (Å²) in [7, 11) is 1.32. The number of carbonyl (C=O) groups excluding carboxylic acids is 1. The Bertz CT molecular complexity index is 824. The van der Waals surface area contributed by atoms with Crippen LogP contribution in [0.25, 0.3) is 0 Å². The van der Waals surface area contributed by atoms with E-state index in [4.69, 9.17) is 4.74 Å². The topological polar surface area (TPSA) is 93.5 Å². The molecule has 0 atom stereocenters. The van der Waals surface area contributed by atoms with Crippen molar-refractivity contribution in [3.63, 3.8) is 0 Å². The SMILES string of the molecule is COc1cc(NC(=O)CNc2ccc(C)c(F)c2)c(C)cc1[N+](=O)[O-]. The standard InChI is InChI=1S/C17H18FN3O4/c1-10-4-5-12(7-13(10)18)19-9-17(22)20-14-8-16(25-3)15(21(23)24)6-11(14)2/h4-8,19H,9H2,1-3H3,(H,20,22). The number of amides is 1. The summed E-state index contributed by atoms with van der Waals surface area (Å²) in [5.41, 5.74) is 1.76. The molecule has 2 N–H and O–H groups in total. The van der Waals surface area contributed by atoms with Gasteiger partial charge in [0.25, 0.3) is 0 Å². The quantitative estimate of drug-likeness (QED) is 0.617. The van der Waals surface area contributed by atoms with Gasteiger partial charge in [-0.15, -0.1) is 0 Å². The number of nitro benzene ring substituents is 1. The van der Waals surface area contributed by atoms with Gasteiger partial charge in [-0.25, -0.2) is 4.39 Å². The molecular weight excluding hydrogens is 329 g/mol. The van der Waals surface area contributed by atoms with E-state index in [9.17, 15) is 19.3 Å². The minimum atomic E-state index is -0.551. The van der Waals surface area contributed by atoms with Gasteiger partial charge < -0.3 is 15.4 Å². The summed E-state index contributed by atoms with van der Waals surface area (Å²) >= 11 is 0. The molecule has 0 heterocycles. The van der Waals surface area contributed by atoms with Crippen LogP contribution in [0.15, 0.2) is 30.3 Å². The largest absolute Gasteiger partial charge is 0.490 e. The number of rotatable bonds is 6. The van der Waals surface area contributed by atoms with E-state index in [1.807, 2.05) is 0 Å². The highest BCUT2D eigenvalue weighted by Crippen LogP contribution is 2.32. The van der Waals surface area contributed by atoms with Crippen LogP contribution in [0.5, 0.6) is 5.75 Å². The van der Waals surface area contributed by atoms with Gasteiger partial charge in [-0.1, -0.05) is 6.07 Å². The first-order valence-electron chi connectivity index (χ1n) is 7.44. The van der Waals surface area contributed by atoms with Crippen molar-refractivity contribution in [2.45, 2.75) is 13.8 Å². The molecule has 0 spiro atoms. The lowest BCUT2D eigenvalue weighted by Gasteiger charge is -2.12. The van der Waals surface area contributed by atoms with Crippen molar-refractivity contribution in [2.24, 2.45) is 0 Å². The third-order valence-corrected chi connectivity index (χ3v) is 3.62. The van der Waals surface area contributed by atoms with Crippen LogP contribution < -0.4 is 15.4 Å². The number of nitrogens with zero attached hydrogens (tertiary/aromatic N) is 1. The molecule has 1 amide bonds. The van der Waals surface area contributed by atoms with Crippen molar-refractivity contribution >= 4 is 23.0 Å². The first-order valence-corrected chi connectivity index (χ1v) is 7.44. The first-order chi connectivity index (χ1) is 11.8. The van der Waals surface area contributed by atoms with Gasteiger partial charge in [0.15, 0.2) is 5.75 Å². The molecule has 0 fully saturated rings. The Kier molecular flexibility index (Phi) is 5.53. The van der Waals surface area contributed by atoms with Gasteiger partial charge in [0.05, 0.1) is 18.6 Å². The number of nitrogens with one attached hydrogen (secondary N) is 2. The fraction of sp³-hybridized carbons (Fsp3) is 0.235. The normalized spacial score (nSPS) is 10.2. The number of methoxy groups -OCH3 is 1. The van der Waals surface area contributed by atoms with Crippen LogP contribution >= 0.6 is 0 Å². The van der Waals surface area contributed by atoms with Crippen LogP contribution in [-0.2, 0) is 4.79 Å². The van der Waals surface area contributed by atoms with E-state index in [1.165, 1.54) is 25.3 Å². The van der Waals surface area contributed by atoms with Crippen molar-refractivity contribution in [3.8, 4) is 5.75 Å². The Hall–Kier alpha value is -3.16. The molecule has 132 valence electrons. The fourth-order valence-electron chi connectivity index (χ4n) is 2.19. The maximum atomic E-state index is 13.5. The maximum Gasteiger partial charge on any atom is 0.311 e. The number of hydrogen-bond donors (Lipinski definition) is 2. The van der Waals surface area contributed by atoms with Crippen molar-refractivity contribution in [1.82, 2.24) is 0 Å². The molecule has 0 aliphatic rings. The second-order valence-corrected chi connectivity index (χ2v) is 5.46. The lowest BCUT2D eigenvalue weighted by molar-refractivity contribution is -0.385. The maximum absolute atomic E-state index is 13.5. The second-order valence-electron chi connectivity index (χ2n) is 5.46. The second kappa shape index (κ2) is 7.61. The number of hydrogen-bond acceptors (Lipinski definition) is 5. The average Bonchev–Trinajstić information content (AvgIpc) is 2.57. The van der Waals surface area contributed by atoms with Gasteiger partial charge in [0.2, 0.25) is 5.91 Å². The number of carbonyl (C=O) groups is 1. The van der Waals surface area contributed by atoms with Gasteiger partial charge in [0.1, 0.15) is 5.82 Å². The summed E-state index contributed by atoms with van der Waals surface area (Å²) in [6.45, 7) is 3.21. The molecular formula is C17H18FN3O4. The highest BCUT2D eigenvalue weighted by Gasteiger charge is 2.18. The summed E-state index contributed by atoms with van der Waals surface area (Å²) in [5, 5.41) is 16.4. The molecule has 2 rings (SSSR count). The summed E-state index contributed by atoms with van der Waals surface area (Å²) < 4.78 is 18.5. The van der Waals surface area contributed by atoms with Crippen LogP contribution in [0.1, 0.15) is 11.1 Å². The Balaban J connectivity index is 2.07. The molecule has 0 saturated carbocycles. The first kappa shape index (κ1) is 18.2. The molecule has 0 aliphatic carbocycles. The van der Waals surface area contributed by atoms with Crippen LogP contribution in [-0.4, -0.2) is 24.5 Å². The Morgan fingerprint density at radius 2 is 1.96 bits per heavy atom. The molecule has 0 unspecified atom stereocenters. The average molecular weight is 347 g/mol. The molecule has 2 aromatic rings. The monoisotopic (exact) mass is 347 g/mol. The number of halogens is 1. The van der Waals surface area contributed by atoms with E-state index in [2.05, 4.69) is 10.6 Å². The number of aryl methyl sites for hydroxylation is 2. The molecule has 0 aliphatic heterocycles. The van der Waals surface area contributed by atoms with E-state index in [0.717, 1.165) is 0 Å². The van der Waals surface area contributed by atoms with E-state index in [-0.39, 0.29) is 29.7 Å². The summed E-state index contributed by atoms with van der Waals surface area (Å²) in [6, 6.07) is 7.32. The van der Waals surface area contributed by atoms with Gasteiger partial charge in [0, 0.05) is 23.5 Å². The zero-order valence-electron chi connectivity index (χ0n) is 14.1. The van der Waals surface area contributed by atoms with E-state index >= 15 is 0 Å². The predicted molar refractivity (Wildman–Crippen MR) is 92.6 cm³/mol. The molecule has 0 bridgehead atoms. The molecule has 8 heteroatoms. The molecule has 2 aromatic carbocycles. The fourth-order valence-corrected chi connectivity index (χ4v) is 2.19. The van der Waals surface area contributed by atoms with Gasteiger partial charge in [-0.2, -0.15) is 0 Å². The van der Waals surface area contributed by atoms with Crippen LogP contribution in [0, 0.1) is 29.8 Å². The minimum absolute atomic E-state index is 0.0551. The van der Waals surface area contributed by atoms with Crippen LogP contribution in [0.2, 0.25) is 0 Å². The Labute approximate surface area is 144 Å². The third-order valence-electron chi connectivity index (χ3n) is 3.62. The van der Waals surface area contributed by atoms with E-state index in [1.54, 1.807) is 26.0 Å². The molecule has 0 aromatic heterocycles.